The number of benzene rings is 2. The first-order valence-corrected chi connectivity index (χ1v) is 12.6. The Labute approximate surface area is 207 Å². The largest absolute Gasteiger partial charge is 0.490 e. The Morgan fingerprint density at radius 2 is 1.57 bits per heavy atom. The molecule has 1 atom stereocenters. The minimum atomic E-state index is 0.0587. The number of hydrogen-bond donors (Lipinski definition) is 1. The van der Waals surface area contributed by atoms with E-state index in [0.29, 0.717) is 32.5 Å². The van der Waals surface area contributed by atoms with Crippen molar-refractivity contribution in [3.05, 3.63) is 47.5 Å². The van der Waals surface area contributed by atoms with E-state index in [9.17, 15) is 4.79 Å². The maximum Gasteiger partial charge on any atom is 0.236 e. The summed E-state index contributed by atoms with van der Waals surface area (Å²) >= 11 is 0. The molecule has 1 amide bonds. The molecule has 1 N–H and O–H groups in total. The van der Waals surface area contributed by atoms with Gasteiger partial charge in [-0.1, -0.05) is 26.0 Å². The van der Waals surface area contributed by atoms with Crippen molar-refractivity contribution in [1.29, 1.82) is 0 Å². The fourth-order valence-corrected chi connectivity index (χ4v) is 4.87. The lowest BCUT2D eigenvalue weighted by atomic mass is 9.95. The topological polar surface area (TPSA) is 72.5 Å². The van der Waals surface area contributed by atoms with Gasteiger partial charge < -0.3 is 29.2 Å². The number of rotatable bonds is 7. The lowest BCUT2D eigenvalue weighted by Gasteiger charge is -2.35. The summed E-state index contributed by atoms with van der Waals surface area (Å²) in [6.45, 7) is 10.3. The van der Waals surface area contributed by atoms with Gasteiger partial charge in [-0.15, -0.1) is 0 Å². The SMILES string of the molecule is CC(C)[C@H](NCC(=O)N1CCN(Cc2ccc3c(c2)OCO3)CC1)c1ccc2c(c1)OCCCO2. The molecule has 0 radical (unpaired) electrons. The van der Waals surface area contributed by atoms with Crippen LogP contribution in [0, 0.1) is 5.92 Å². The molecule has 5 rings (SSSR count). The van der Waals surface area contributed by atoms with Crippen LogP contribution in [-0.2, 0) is 11.3 Å². The molecule has 0 spiro atoms. The molecule has 0 saturated carbocycles. The fraction of sp³-hybridized carbons (Fsp3) is 0.519. The van der Waals surface area contributed by atoms with E-state index in [1.165, 1.54) is 5.56 Å². The van der Waals surface area contributed by atoms with Crippen LogP contribution in [0.25, 0.3) is 0 Å². The van der Waals surface area contributed by atoms with E-state index in [1.807, 2.05) is 17.0 Å². The molecule has 2 aromatic rings. The normalized spacial score (nSPS) is 18.4. The maximum atomic E-state index is 13.0. The number of nitrogens with one attached hydrogen (secondary N) is 1. The van der Waals surface area contributed by atoms with Crippen molar-refractivity contribution in [1.82, 2.24) is 15.1 Å². The lowest BCUT2D eigenvalue weighted by Crippen LogP contribution is -2.50. The Morgan fingerprint density at radius 3 is 2.37 bits per heavy atom. The highest BCUT2D eigenvalue weighted by Crippen LogP contribution is 2.34. The molecule has 3 heterocycles. The second-order valence-corrected chi connectivity index (χ2v) is 9.70. The first-order chi connectivity index (χ1) is 17.1. The van der Waals surface area contributed by atoms with E-state index in [1.54, 1.807) is 0 Å². The maximum absolute atomic E-state index is 13.0. The molecule has 3 aliphatic rings. The summed E-state index contributed by atoms with van der Waals surface area (Å²) in [6.07, 6.45) is 0.883. The smallest absolute Gasteiger partial charge is 0.236 e. The molecule has 2 aromatic carbocycles. The number of amides is 1. The van der Waals surface area contributed by atoms with Crippen LogP contribution in [0.3, 0.4) is 0 Å². The molecule has 8 nitrogen and oxygen atoms in total. The van der Waals surface area contributed by atoms with E-state index in [0.717, 1.165) is 67.7 Å². The molecule has 0 bridgehead atoms. The van der Waals surface area contributed by atoms with Crippen LogP contribution in [0.4, 0.5) is 0 Å². The van der Waals surface area contributed by atoms with Crippen molar-refractivity contribution in [3.8, 4) is 23.0 Å². The van der Waals surface area contributed by atoms with Gasteiger partial charge in [0.25, 0.3) is 0 Å². The molecular weight excluding hydrogens is 446 g/mol. The molecule has 0 aliphatic carbocycles. The zero-order chi connectivity index (χ0) is 24.2. The van der Waals surface area contributed by atoms with Gasteiger partial charge in [-0.25, -0.2) is 0 Å². The lowest BCUT2D eigenvalue weighted by molar-refractivity contribution is -0.132. The van der Waals surface area contributed by atoms with Crippen LogP contribution in [-0.4, -0.2) is 68.4 Å². The van der Waals surface area contributed by atoms with Gasteiger partial charge in [-0.3, -0.25) is 9.69 Å². The summed E-state index contributed by atoms with van der Waals surface area (Å²) < 4.78 is 22.5. The molecular formula is C27H35N3O5. The fourth-order valence-electron chi connectivity index (χ4n) is 4.87. The Bertz CT molecular complexity index is 1040. The van der Waals surface area contributed by atoms with Gasteiger partial charge in [0.15, 0.2) is 23.0 Å². The summed E-state index contributed by atoms with van der Waals surface area (Å²) in [5.74, 6) is 3.68. The predicted octanol–water partition coefficient (Wildman–Crippen LogP) is 3.21. The van der Waals surface area contributed by atoms with Crippen molar-refractivity contribution < 1.29 is 23.7 Å². The molecule has 35 heavy (non-hydrogen) atoms. The predicted molar refractivity (Wildman–Crippen MR) is 132 cm³/mol. The van der Waals surface area contributed by atoms with E-state index in [4.69, 9.17) is 18.9 Å². The summed E-state index contributed by atoms with van der Waals surface area (Å²) in [5.41, 5.74) is 2.32. The highest BCUT2D eigenvalue weighted by atomic mass is 16.7. The number of ether oxygens (including phenoxy) is 4. The van der Waals surface area contributed by atoms with Crippen LogP contribution < -0.4 is 24.3 Å². The molecule has 1 fully saturated rings. The Balaban J connectivity index is 1.12. The van der Waals surface area contributed by atoms with Gasteiger partial charge >= 0.3 is 0 Å². The molecule has 1 saturated heterocycles. The number of piperazine rings is 1. The van der Waals surface area contributed by atoms with Crippen molar-refractivity contribution in [2.24, 2.45) is 5.92 Å². The summed E-state index contributed by atoms with van der Waals surface area (Å²) in [7, 11) is 0. The third-order valence-electron chi connectivity index (χ3n) is 6.84. The zero-order valence-electron chi connectivity index (χ0n) is 20.6. The van der Waals surface area contributed by atoms with Crippen LogP contribution in [0.1, 0.15) is 37.4 Å². The molecule has 0 unspecified atom stereocenters. The average Bonchev–Trinajstić information content (AvgIpc) is 3.20. The number of carbonyl (C=O) groups excluding carboxylic acids is 1. The first kappa shape index (κ1) is 23.8. The van der Waals surface area contributed by atoms with Crippen molar-refractivity contribution in [2.45, 2.75) is 32.9 Å². The molecule has 8 heteroatoms. The van der Waals surface area contributed by atoms with E-state index < -0.39 is 0 Å². The monoisotopic (exact) mass is 481 g/mol. The Kier molecular flexibility index (Phi) is 7.29. The Morgan fingerprint density at radius 1 is 0.886 bits per heavy atom. The zero-order valence-corrected chi connectivity index (χ0v) is 20.6. The third-order valence-corrected chi connectivity index (χ3v) is 6.84. The van der Waals surface area contributed by atoms with E-state index in [2.05, 4.69) is 48.3 Å². The van der Waals surface area contributed by atoms with Gasteiger partial charge in [0.1, 0.15) is 0 Å². The van der Waals surface area contributed by atoms with Gasteiger partial charge in [0.2, 0.25) is 12.7 Å². The van der Waals surface area contributed by atoms with Gasteiger partial charge in [-0.2, -0.15) is 0 Å². The minimum absolute atomic E-state index is 0.0587. The van der Waals surface area contributed by atoms with Crippen LogP contribution in [0.5, 0.6) is 23.0 Å². The summed E-state index contributed by atoms with van der Waals surface area (Å²) in [5, 5.41) is 3.50. The highest BCUT2D eigenvalue weighted by molar-refractivity contribution is 5.78. The van der Waals surface area contributed by atoms with Crippen LogP contribution in [0.2, 0.25) is 0 Å². The molecule has 0 aromatic heterocycles. The second kappa shape index (κ2) is 10.7. The number of nitrogens with zero attached hydrogens (tertiary/aromatic N) is 2. The van der Waals surface area contributed by atoms with Crippen molar-refractivity contribution in [2.75, 3.05) is 52.7 Å². The average molecular weight is 482 g/mol. The van der Waals surface area contributed by atoms with Crippen molar-refractivity contribution in [3.63, 3.8) is 0 Å². The third kappa shape index (κ3) is 5.65. The number of fused-ring (bicyclic) bond motifs is 2. The molecule has 188 valence electrons. The van der Waals surface area contributed by atoms with Crippen LogP contribution >= 0.6 is 0 Å². The quantitative estimate of drug-likeness (QED) is 0.651. The number of carbonyl (C=O) groups is 1. The van der Waals surface area contributed by atoms with Gasteiger partial charge in [0.05, 0.1) is 19.8 Å². The standard InChI is InChI=1S/C27H35N3O5/c1-19(2)27(21-5-7-22-25(15-21)33-13-3-12-32-22)28-16-26(31)30-10-8-29(9-11-30)17-20-4-6-23-24(14-20)35-18-34-23/h4-7,14-15,19,27-28H,3,8-13,16-18H2,1-2H3/t27-/m0/s1. The summed E-state index contributed by atoms with van der Waals surface area (Å²) in [4.78, 5) is 17.3. The van der Waals surface area contributed by atoms with Gasteiger partial charge in [0, 0.05) is 45.2 Å². The summed E-state index contributed by atoms with van der Waals surface area (Å²) in [6, 6.07) is 12.3. The minimum Gasteiger partial charge on any atom is -0.490 e. The van der Waals surface area contributed by atoms with Crippen molar-refractivity contribution >= 4 is 5.91 Å². The van der Waals surface area contributed by atoms with E-state index in [-0.39, 0.29) is 11.9 Å². The van der Waals surface area contributed by atoms with Crippen LogP contribution in [0.15, 0.2) is 36.4 Å². The van der Waals surface area contributed by atoms with Gasteiger partial charge in [-0.05, 0) is 41.3 Å². The highest BCUT2D eigenvalue weighted by Gasteiger charge is 2.24. The van der Waals surface area contributed by atoms with E-state index >= 15 is 0 Å². The molecule has 3 aliphatic heterocycles. The Hall–Kier alpha value is -2.97. The first-order valence-electron chi connectivity index (χ1n) is 12.6. The second-order valence-electron chi connectivity index (χ2n) is 9.70. The number of hydrogen-bond acceptors (Lipinski definition) is 7.